The Morgan fingerprint density at radius 3 is 1.95 bits per heavy atom. The van der Waals surface area contributed by atoms with Crippen LogP contribution in [0, 0.1) is 0 Å². The van der Waals surface area contributed by atoms with Crippen LogP contribution in [0.25, 0.3) is 0 Å². The maximum atomic E-state index is 11.9. The molecule has 0 aliphatic carbocycles. The van der Waals surface area contributed by atoms with E-state index >= 15 is 0 Å². The van der Waals surface area contributed by atoms with Gasteiger partial charge >= 0.3 is 0 Å². The summed E-state index contributed by atoms with van der Waals surface area (Å²) in [5.41, 5.74) is 0. The standard InChI is InChI=1S/C12H20N2O4S2/c1-4-11(17)10(14-8(3)16)6-20-12(18)9(5-19)13-7(2)15/h9-10,19H,4-6H2,1-3H3,(H,13,15)(H,14,16). The molecule has 0 aromatic carbocycles. The van der Waals surface area contributed by atoms with Gasteiger partial charge in [0.1, 0.15) is 6.04 Å². The minimum absolute atomic E-state index is 0.137. The van der Waals surface area contributed by atoms with Gasteiger partial charge in [0.05, 0.1) is 6.04 Å². The number of nitrogens with one attached hydrogen (secondary N) is 2. The summed E-state index contributed by atoms with van der Waals surface area (Å²) in [5, 5.41) is 4.71. The molecule has 0 radical (unpaired) electrons. The van der Waals surface area contributed by atoms with Crippen LogP contribution in [-0.4, -0.2) is 46.3 Å². The van der Waals surface area contributed by atoms with Crippen molar-refractivity contribution in [2.75, 3.05) is 11.5 Å². The Labute approximate surface area is 128 Å². The first-order valence-electron chi connectivity index (χ1n) is 6.16. The minimum Gasteiger partial charge on any atom is -0.346 e. The van der Waals surface area contributed by atoms with Crippen LogP contribution in [0.3, 0.4) is 0 Å². The molecule has 20 heavy (non-hydrogen) atoms. The molecular weight excluding hydrogens is 300 g/mol. The molecule has 0 aromatic rings. The summed E-state index contributed by atoms with van der Waals surface area (Å²) in [7, 11) is 0. The third kappa shape index (κ3) is 7.54. The molecule has 8 heteroatoms. The summed E-state index contributed by atoms with van der Waals surface area (Å²) in [6.45, 7) is 4.32. The number of thiol groups is 1. The van der Waals surface area contributed by atoms with E-state index in [2.05, 4.69) is 23.3 Å². The second kappa shape index (κ2) is 9.82. The quantitative estimate of drug-likeness (QED) is 0.554. The number of hydrogen-bond donors (Lipinski definition) is 3. The lowest BCUT2D eigenvalue weighted by Crippen LogP contribution is -2.43. The van der Waals surface area contributed by atoms with E-state index in [9.17, 15) is 19.2 Å². The first-order valence-corrected chi connectivity index (χ1v) is 7.78. The van der Waals surface area contributed by atoms with E-state index in [0.717, 1.165) is 11.8 Å². The normalized spacial score (nSPS) is 13.2. The Bertz CT molecular complexity index is 388. The van der Waals surface area contributed by atoms with Gasteiger partial charge in [-0.2, -0.15) is 12.6 Å². The average molecular weight is 320 g/mol. The third-order valence-electron chi connectivity index (χ3n) is 2.35. The monoisotopic (exact) mass is 320 g/mol. The van der Waals surface area contributed by atoms with Crippen molar-refractivity contribution in [3.8, 4) is 0 Å². The summed E-state index contributed by atoms with van der Waals surface area (Å²) in [6, 6.07) is -1.39. The van der Waals surface area contributed by atoms with Crippen LogP contribution in [0.2, 0.25) is 0 Å². The highest BCUT2D eigenvalue weighted by Gasteiger charge is 2.23. The molecule has 6 nitrogen and oxygen atoms in total. The van der Waals surface area contributed by atoms with E-state index in [4.69, 9.17) is 0 Å². The van der Waals surface area contributed by atoms with E-state index in [1.165, 1.54) is 13.8 Å². The maximum absolute atomic E-state index is 11.9. The molecule has 2 amide bonds. The van der Waals surface area contributed by atoms with E-state index in [1.54, 1.807) is 6.92 Å². The lowest BCUT2D eigenvalue weighted by atomic mass is 10.2. The number of thioether (sulfide) groups is 1. The fourth-order valence-corrected chi connectivity index (χ4v) is 2.72. The topological polar surface area (TPSA) is 92.3 Å². The number of hydrogen-bond acceptors (Lipinski definition) is 6. The van der Waals surface area contributed by atoms with Gasteiger partial charge in [0.2, 0.25) is 16.9 Å². The molecule has 0 saturated carbocycles. The van der Waals surface area contributed by atoms with Gasteiger partial charge in [-0.15, -0.1) is 0 Å². The minimum atomic E-state index is -0.699. The summed E-state index contributed by atoms with van der Waals surface area (Å²) in [4.78, 5) is 45.5. The van der Waals surface area contributed by atoms with Crippen LogP contribution in [0.4, 0.5) is 0 Å². The second-order valence-corrected chi connectivity index (χ2v) is 5.53. The SMILES string of the molecule is CCC(=O)C(CSC(=O)C(CS)NC(C)=O)NC(C)=O. The molecule has 0 rings (SSSR count). The molecule has 0 bridgehead atoms. The maximum Gasteiger partial charge on any atom is 0.217 e. The summed E-state index contributed by atoms with van der Waals surface area (Å²) < 4.78 is 0. The van der Waals surface area contributed by atoms with Crippen LogP contribution in [0.1, 0.15) is 27.2 Å². The van der Waals surface area contributed by atoms with Gasteiger partial charge in [-0.3, -0.25) is 19.2 Å². The van der Waals surface area contributed by atoms with Crippen molar-refractivity contribution in [3.63, 3.8) is 0 Å². The van der Waals surface area contributed by atoms with E-state index in [1.807, 2.05) is 0 Å². The average Bonchev–Trinajstić information content (AvgIpc) is 2.38. The predicted octanol–water partition coefficient (Wildman–Crippen LogP) is 0.164. The van der Waals surface area contributed by atoms with Crippen molar-refractivity contribution in [3.05, 3.63) is 0 Å². The molecule has 0 aliphatic rings. The number of rotatable bonds is 8. The van der Waals surface area contributed by atoms with Gasteiger partial charge in [-0.1, -0.05) is 18.7 Å². The summed E-state index contributed by atoms with van der Waals surface area (Å²) >= 11 is 4.91. The predicted molar refractivity (Wildman–Crippen MR) is 81.8 cm³/mol. The smallest absolute Gasteiger partial charge is 0.217 e. The number of Topliss-reactive ketones (excluding diaryl/α,β-unsaturated/α-hetero) is 1. The van der Waals surface area contributed by atoms with Crippen LogP contribution in [0.15, 0.2) is 0 Å². The van der Waals surface area contributed by atoms with Gasteiger partial charge in [0.15, 0.2) is 5.78 Å². The fourth-order valence-electron chi connectivity index (χ4n) is 1.40. The number of ketones is 1. The van der Waals surface area contributed by atoms with Crippen molar-refractivity contribution in [1.82, 2.24) is 10.6 Å². The van der Waals surface area contributed by atoms with Crippen LogP contribution >= 0.6 is 24.4 Å². The van der Waals surface area contributed by atoms with Gasteiger partial charge in [0, 0.05) is 31.8 Å². The van der Waals surface area contributed by atoms with Crippen molar-refractivity contribution < 1.29 is 19.2 Å². The Balaban J connectivity index is 4.52. The van der Waals surface area contributed by atoms with E-state index in [0.29, 0.717) is 0 Å². The van der Waals surface area contributed by atoms with E-state index in [-0.39, 0.29) is 40.6 Å². The highest BCUT2D eigenvalue weighted by atomic mass is 32.2. The largest absolute Gasteiger partial charge is 0.346 e. The fraction of sp³-hybridized carbons (Fsp3) is 0.667. The zero-order chi connectivity index (χ0) is 15.7. The molecule has 0 heterocycles. The summed E-state index contributed by atoms with van der Waals surface area (Å²) in [6.07, 6.45) is 0.279. The zero-order valence-corrected chi connectivity index (χ0v) is 13.5. The Morgan fingerprint density at radius 2 is 1.55 bits per heavy atom. The molecule has 2 atom stereocenters. The molecule has 0 fully saturated rings. The Kier molecular flexibility index (Phi) is 9.32. The van der Waals surface area contributed by atoms with Crippen molar-refractivity contribution >= 4 is 47.1 Å². The molecule has 0 aromatic heterocycles. The number of carbonyl (C=O) groups is 4. The summed E-state index contributed by atoms with van der Waals surface area (Å²) in [5.74, 6) is -0.451. The van der Waals surface area contributed by atoms with Crippen LogP contribution in [0.5, 0.6) is 0 Å². The van der Waals surface area contributed by atoms with Gasteiger partial charge in [-0.05, 0) is 0 Å². The van der Waals surface area contributed by atoms with Gasteiger partial charge in [-0.25, -0.2) is 0 Å². The second-order valence-electron chi connectivity index (χ2n) is 4.14. The van der Waals surface area contributed by atoms with Crippen molar-refractivity contribution in [2.45, 2.75) is 39.3 Å². The molecule has 0 aliphatic heterocycles. The Hall–Kier alpha value is -1.02. The molecule has 2 N–H and O–H groups in total. The van der Waals surface area contributed by atoms with Crippen molar-refractivity contribution in [1.29, 1.82) is 0 Å². The van der Waals surface area contributed by atoms with Crippen LogP contribution in [-0.2, 0) is 19.2 Å². The molecule has 2 unspecified atom stereocenters. The highest BCUT2D eigenvalue weighted by Crippen LogP contribution is 2.10. The lowest BCUT2D eigenvalue weighted by molar-refractivity contribution is -0.126. The first kappa shape index (κ1) is 19.0. The van der Waals surface area contributed by atoms with Crippen molar-refractivity contribution in [2.24, 2.45) is 0 Å². The highest BCUT2D eigenvalue weighted by molar-refractivity contribution is 8.13. The first-order chi connectivity index (χ1) is 9.31. The van der Waals surface area contributed by atoms with Crippen LogP contribution < -0.4 is 10.6 Å². The lowest BCUT2D eigenvalue weighted by Gasteiger charge is -2.17. The van der Waals surface area contributed by atoms with Gasteiger partial charge < -0.3 is 10.6 Å². The number of carbonyl (C=O) groups excluding carboxylic acids is 4. The molecular formula is C12H20N2O4S2. The Morgan fingerprint density at radius 1 is 1.05 bits per heavy atom. The zero-order valence-electron chi connectivity index (χ0n) is 11.8. The molecule has 0 saturated heterocycles. The number of amides is 2. The van der Waals surface area contributed by atoms with E-state index < -0.39 is 12.1 Å². The van der Waals surface area contributed by atoms with Gasteiger partial charge in [0.25, 0.3) is 0 Å². The third-order valence-corrected chi connectivity index (χ3v) is 3.79. The molecule has 114 valence electrons. The molecule has 0 spiro atoms.